The first-order chi connectivity index (χ1) is 13.6. The van der Waals surface area contributed by atoms with Crippen LogP contribution in [0.4, 0.5) is 0 Å². The maximum Gasteiger partial charge on any atom is 0.245 e. The van der Waals surface area contributed by atoms with Crippen LogP contribution in [0.1, 0.15) is 12.8 Å². The summed E-state index contributed by atoms with van der Waals surface area (Å²) in [6.07, 6.45) is 4.67. The normalized spacial score (nSPS) is 16.4. The van der Waals surface area contributed by atoms with Crippen molar-refractivity contribution in [3.63, 3.8) is 0 Å². The molecule has 1 aliphatic rings. The lowest BCUT2D eigenvalue weighted by Crippen LogP contribution is -2.41. The maximum absolute atomic E-state index is 13.0. The van der Waals surface area contributed by atoms with E-state index in [1.807, 2.05) is 12.1 Å². The summed E-state index contributed by atoms with van der Waals surface area (Å²) in [7, 11) is -3.59. The van der Waals surface area contributed by atoms with Gasteiger partial charge in [-0.15, -0.1) is 0 Å². The summed E-state index contributed by atoms with van der Waals surface area (Å²) in [5.74, 6) is 0.706. The Morgan fingerprint density at radius 1 is 1.11 bits per heavy atom. The van der Waals surface area contributed by atoms with Crippen molar-refractivity contribution in [2.75, 3.05) is 26.3 Å². The Bertz CT molecular complexity index is 1020. The molecule has 148 valence electrons. The van der Waals surface area contributed by atoms with E-state index < -0.39 is 10.0 Å². The molecule has 8 nitrogen and oxygen atoms in total. The van der Waals surface area contributed by atoms with E-state index in [0.717, 1.165) is 11.7 Å². The molecule has 1 aliphatic heterocycles. The van der Waals surface area contributed by atoms with E-state index in [9.17, 15) is 8.42 Å². The third kappa shape index (κ3) is 4.14. The number of piperidine rings is 1. The lowest BCUT2D eigenvalue weighted by atomic mass is 10.1. The first-order valence-corrected chi connectivity index (χ1v) is 11.2. The second-order valence-electron chi connectivity index (χ2n) is 6.40. The van der Waals surface area contributed by atoms with Crippen molar-refractivity contribution in [3.8, 4) is 5.75 Å². The van der Waals surface area contributed by atoms with E-state index in [0.29, 0.717) is 55.9 Å². The van der Waals surface area contributed by atoms with Crippen LogP contribution < -0.4 is 4.74 Å². The highest BCUT2D eigenvalue weighted by Gasteiger charge is 2.31. The van der Waals surface area contributed by atoms with Crippen LogP contribution in [0.3, 0.4) is 0 Å². The number of rotatable bonds is 7. The number of pyridine rings is 1. The van der Waals surface area contributed by atoms with Gasteiger partial charge in [-0.25, -0.2) is 8.42 Å². The van der Waals surface area contributed by atoms with Crippen LogP contribution in [-0.2, 0) is 14.8 Å². The van der Waals surface area contributed by atoms with E-state index in [-0.39, 0.29) is 11.0 Å². The van der Waals surface area contributed by atoms with E-state index in [4.69, 9.17) is 9.47 Å². The smallest absolute Gasteiger partial charge is 0.245 e. The molecule has 0 aliphatic carbocycles. The molecular formula is C18H20N4O4S2. The number of hydrogen-bond donors (Lipinski definition) is 0. The van der Waals surface area contributed by atoms with E-state index in [1.54, 1.807) is 30.6 Å². The number of fused-ring (bicyclic) bond motifs is 1. The average molecular weight is 421 g/mol. The summed E-state index contributed by atoms with van der Waals surface area (Å²) in [6, 6.07) is 8.72. The Morgan fingerprint density at radius 2 is 1.96 bits per heavy atom. The van der Waals surface area contributed by atoms with Crippen molar-refractivity contribution in [1.82, 2.24) is 18.0 Å². The third-order valence-corrected chi connectivity index (χ3v) is 7.08. The predicted molar refractivity (Wildman–Crippen MR) is 105 cm³/mol. The van der Waals surface area contributed by atoms with Crippen molar-refractivity contribution in [2.24, 2.45) is 0 Å². The van der Waals surface area contributed by atoms with Crippen molar-refractivity contribution in [3.05, 3.63) is 42.7 Å². The van der Waals surface area contributed by atoms with Crippen molar-refractivity contribution in [1.29, 1.82) is 0 Å². The van der Waals surface area contributed by atoms with Crippen molar-refractivity contribution < 1.29 is 17.9 Å². The number of benzene rings is 1. The fraction of sp³-hybridized carbons (Fsp3) is 0.389. The molecule has 3 heterocycles. The molecule has 0 saturated carbocycles. The standard InChI is InChI=1S/C18H20N4O4S2/c23-28(24,17-5-1-4-16-18(17)21-27-20-16)22-9-6-14(7-10-22)25-11-12-26-15-3-2-8-19-13-15/h1-5,8,13-14H,6-7,9-12H2. The maximum atomic E-state index is 13.0. The monoisotopic (exact) mass is 420 g/mol. The van der Waals surface area contributed by atoms with Gasteiger partial charge in [-0.1, -0.05) is 6.07 Å². The van der Waals surface area contributed by atoms with Gasteiger partial charge in [0.15, 0.2) is 0 Å². The first kappa shape index (κ1) is 19.2. The zero-order chi connectivity index (χ0) is 19.4. The Morgan fingerprint density at radius 3 is 2.75 bits per heavy atom. The summed E-state index contributed by atoms with van der Waals surface area (Å²) in [5, 5.41) is 0. The number of ether oxygens (including phenoxy) is 2. The summed E-state index contributed by atoms with van der Waals surface area (Å²) in [5.41, 5.74) is 1.05. The van der Waals surface area contributed by atoms with Gasteiger partial charge in [-0.3, -0.25) is 4.98 Å². The molecule has 0 bridgehead atoms. The van der Waals surface area contributed by atoms with E-state index >= 15 is 0 Å². The molecule has 1 saturated heterocycles. The first-order valence-electron chi connectivity index (χ1n) is 9.00. The molecule has 0 amide bonds. The number of sulfonamides is 1. The van der Waals surface area contributed by atoms with Gasteiger partial charge in [0.2, 0.25) is 10.0 Å². The summed E-state index contributed by atoms with van der Waals surface area (Å²) in [4.78, 5) is 4.21. The van der Waals surface area contributed by atoms with E-state index in [2.05, 4.69) is 13.7 Å². The fourth-order valence-corrected chi connectivity index (χ4v) is 5.40. The lowest BCUT2D eigenvalue weighted by molar-refractivity contribution is 0.00697. The van der Waals surface area contributed by atoms with Gasteiger partial charge in [0, 0.05) is 19.3 Å². The highest BCUT2D eigenvalue weighted by molar-refractivity contribution is 7.89. The molecule has 0 unspecified atom stereocenters. The molecule has 0 N–H and O–H groups in total. The van der Waals surface area contributed by atoms with Gasteiger partial charge in [-0.05, 0) is 37.1 Å². The molecular weight excluding hydrogens is 400 g/mol. The zero-order valence-electron chi connectivity index (χ0n) is 15.1. The molecule has 10 heteroatoms. The minimum atomic E-state index is -3.59. The SMILES string of the molecule is O=S(=O)(c1cccc2nsnc12)N1CCC(OCCOc2cccnc2)CC1. The Hall–Kier alpha value is -2.14. The van der Waals surface area contributed by atoms with Gasteiger partial charge in [0.05, 0.1) is 30.6 Å². The molecule has 1 aromatic carbocycles. The molecule has 3 aromatic rings. The van der Waals surface area contributed by atoms with Gasteiger partial charge in [0.1, 0.15) is 28.3 Å². The fourth-order valence-electron chi connectivity index (χ4n) is 3.17. The van der Waals surface area contributed by atoms with Crippen LogP contribution >= 0.6 is 11.7 Å². The van der Waals surface area contributed by atoms with E-state index in [1.165, 1.54) is 4.31 Å². The third-order valence-electron chi connectivity index (χ3n) is 4.61. The molecule has 28 heavy (non-hydrogen) atoms. The van der Waals surface area contributed by atoms with Crippen LogP contribution in [0.15, 0.2) is 47.6 Å². The topological polar surface area (TPSA) is 94.5 Å². The average Bonchev–Trinajstić information content (AvgIpc) is 3.21. The highest BCUT2D eigenvalue weighted by atomic mass is 32.2. The van der Waals surface area contributed by atoms with Gasteiger partial charge >= 0.3 is 0 Å². The molecule has 2 aromatic heterocycles. The molecule has 1 fully saturated rings. The summed E-state index contributed by atoms with van der Waals surface area (Å²) in [6.45, 7) is 1.73. The molecule has 0 atom stereocenters. The zero-order valence-corrected chi connectivity index (χ0v) is 16.7. The van der Waals surface area contributed by atoms with Crippen molar-refractivity contribution >= 4 is 32.8 Å². The van der Waals surface area contributed by atoms with Crippen LogP contribution in [0.2, 0.25) is 0 Å². The second kappa shape index (κ2) is 8.48. The Labute approximate surface area is 167 Å². The molecule has 0 spiro atoms. The largest absolute Gasteiger partial charge is 0.490 e. The second-order valence-corrected chi connectivity index (χ2v) is 8.83. The Balaban J connectivity index is 1.29. The van der Waals surface area contributed by atoms with Crippen LogP contribution in [0, 0.1) is 0 Å². The van der Waals surface area contributed by atoms with Gasteiger partial charge in [0.25, 0.3) is 0 Å². The van der Waals surface area contributed by atoms with Crippen molar-refractivity contribution in [2.45, 2.75) is 23.8 Å². The quantitative estimate of drug-likeness (QED) is 0.542. The number of aromatic nitrogens is 3. The minimum Gasteiger partial charge on any atom is -0.490 e. The Kier molecular flexibility index (Phi) is 5.81. The lowest BCUT2D eigenvalue weighted by Gasteiger charge is -2.31. The predicted octanol–water partition coefficient (Wildman–Crippen LogP) is 2.33. The van der Waals surface area contributed by atoms with Gasteiger partial charge in [-0.2, -0.15) is 13.1 Å². The van der Waals surface area contributed by atoms with Gasteiger partial charge < -0.3 is 9.47 Å². The molecule has 0 radical (unpaired) electrons. The van der Waals surface area contributed by atoms with Crippen LogP contribution in [-0.4, -0.2) is 58.9 Å². The highest BCUT2D eigenvalue weighted by Crippen LogP contribution is 2.27. The van der Waals surface area contributed by atoms with Crippen LogP contribution in [0.5, 0.6) is 5.75 Å². The summed E-state index contributed by atoms with van der Waals surface area (Å²) >= 11 is 1.02. The number of hydrogen-bond acceptors (Lipinski definition) is 8. The minimum absolute atomic E-state index is 0.0284. The van der Waals surface area contributed by atoms with Crippen LogP contribution in [0.25, 0.3) is 11.0 Å². The summed E-state index contributed by atoms with van der Waals surface area (Å²) < 4.78 is 47.2. The number of nitrogens with zero attached hydrogens (tertiary/aromatic N) is 4. The molecule has 4 rings (SSSR count).